The van der Waals surface area contributed by atoms with Gasteiger partial charge in [-0.2, -0.15) is 0 Å². The van der Waals surface area contributed by atoms with Crippen molar-refractivity contribution in [2.24, 2.45) is 4.99 Å². The third kappa shape index (κ3) is 6.01. The van der Waals surface area contributed by atoms with E-state index in [1.54, 1.807) is 0 Å². The Bertz CT molecular complexity index is 658. The summed E-state index contributed by atoms with van der Waals surface area (Å²) < 4.78 is 0. The van der Waals surface area contributed by atoms with Gasteiger partial charge in [-0.1, -0.05) is 24.3 Å². The second kappa shape index (κ2) is 10.6. The van der Waals surface area contributed by atoms with E-state index in [0.717, 1.165) is 38.7 Å². The van der Waals surface area contributed by atoms with Crippen molar-refractivity contribution in [3.05, 3.63) is 42.0 Å². The second-order valence-electron chi connectivity index (χ2n) is 6.64. The highest BCUT2D eigenvalue weighted by molar-refractivity contribution is 5.86. The minimum Gasteiger partial charge on any atom is -0.364 e. The number of nitrogens with zero attached hydrogens (tertiary/aromatic N) is 4. The number of guanidine groups is 1. The Kier molecular flexibility index (Phi) is 8.17. The first kappa shape index (κ1) is 20.8. The zero-order valence-electron chi connectivity index (χ0n) is 17.1. The molecule has 1 aliphatic rings. The van der Waals surface area contributed by atoms with Gasteiger partial charge in [0, 0.05) is 45.5 Å². The number of benzene rings is 1. The Hall–Kier alpha value is -2.50. The van der Waals surface area contributed by atoms with Crippen LogP contribution in [0, 0.1) is 0 Å². The predicted molar refractivity (Wildman–Crippen MR) is 113 cm³/mol. The minimum absolute atomic E-state index is 0.122. The summed E-state index contributed by atoms with van der Waals surface area (Å²) in [4.78, 5) is 23.2. The number of hydrogen-bond donors (Lipinski definition) is 1. The maximum atomic E-state index is 12.4. The quantitative estimate of drug-likeness (QED) is 0.433. The lowest BCUT2D eigenvalue weighted by Crippen LogP contribution is -2.45. The molecule has 0 atom stereocenters. The summed E-state index contributed by atoms with van der Waals surface area (Å²) in [5.74, 6) is 0.878. The van der Waals surface area contributed by atoms with E-state index >= 15 is 0 Å². The molecule has 2 rings (SSSR count). The number of nitrogens with one attached hydrogen (secondary N) is 1. The molecule has 1 aromatic rings. The fraction of sp³-hybridized carbons (Fsp3) is 0.524. The first-order valence-corrected chi connectivity index (χ1v) is 9.85. The summed E-state index contributed by atoms with van der Waals surface area (Å²) in [6, 6.07) is 8.52. The highest BCUT2D eigenvalue weighted by Crippen LogP contribution is 2.19. The molecule has 0 aliphatic carbocycles. The smallest absolute Gasteiger partial charge is 0.242 e. The van der Waals surface area contributed by atoms with Crippen LogP contribution in [0.4, 0.5) is 5.69 Å². The molecule has 1 aliphatic heterocycles. The molecule has 1 heterocycles. The van der Waals surface area contributed by atoms with Crippen molar-refractivity contribution in [2.75, 3.05) is 51.2 Å². The number of likely N-dealkylation sites (N-methyl/N-ethyl adjacent to an activating group) is 2. The SMILES string of the molecule is CCNC(=NCc1cccc(N2CC=CC2)c1)N(C)CC(=O)N(CC)CC. The van der Waals surface area contributed by atoms with Gasteiger partial charge in [-0.25, -0.2) is 4.99 Å². The summed E-state index contributed by atoms with van der Waals surface area (Å²) in [7, 11) is 1.91. The molecule has 0 radical (unpaired) electrons. The summed E-state index contributed by atoms with van der Waals surface area (Å²) in [6.45, 7) is 11.1. The van der Waals surface area contributed by atoms with Crippen LogP contribution in [-0.2, 0) is 11.3 Å². The minimum atomic E-state index is 0.122. The molecule has 0 saturated carbocycles. The van der Waals surface area contributed by atoms with E-state index < -0.39 is 0 Å². The molecule has 1 N–H and O–H groups in total. The molecular weight excluding hydrogens is 338 g/mol. The Morgan fingerprint density at radius 3 is 2.52 bits per heavy atom. The van der Waals surface area contributed by atoms with Crippen LogP contribution in [0.1, 0.15) is 26.3 Å². The van der Waals surface area contributed by atoms with Gasteiger partial charge in [-0.3, -0.25) is 4.79 Å². The molecule has 6 nitrogen and oxygen atoms in total. The van der Waals surface area contributed by atoms with Crippen LogP contribution in [0.3, 0.4) is 0 Å². The Balaban J connectivity index is 2.04. The fourth-order valence-electron chi connectivity index (χ4n) is 3.13. The van der Waals surface area contributed by atoms with Gasteiger partial charge < -0.3 is 20.0 Å². The van der Waals surface area contributed by atoms with E-state index in [1.807, 2.05) is 37.6 Å². The van der Waals surface area contributed by atoms with Gasteiger partial charge in [0.05, 0.1) is 13.1 Å². The predicted octanol–water partition coefficient (Wildman–Crippen LogP) is 2.33. The van der Waals surface area contributed by atoms with Gasteiger partial charge in [0.15, 0.2) is 5.96 Å². The molecule has 6 heteroatoms. The Morgan fingerprint density at radius 1 is 1.19 bits per heavy atom. The largest absolute Gasteiger partial charge is 0.364 e. The Labute approximate surface area is 163 Å². The molecule has 0 spiro atoms. The third-order valence-electron chi connectivity index (χ3n) is 4.69. The van der Waals surface area contributed by atoms with E-state index in [9.17, 15) is 4.79 Å². The second-order valence-corrected chi connectivity index (χ2v) is 6.64. The zero-order valence-corrected chi connectivity index (χ0v) is 17.1. The van der Waals surface area contributed by atoms with E-state index in [2.05, 4.69) is 46.6 Å². The van der Waals surface area contributed by atoms with Gasteiger partial charge in [-0.15, -0.1) is 0 Å². The molecule has 1 amide bonds. The molecule has 0 saturated heterocycles. The molecule has 27 heavy (non-hydrogen) atoms. The van der Waals surface area contributed by atoms with Crippen molar-refractivity contribution in [3.63, 3.8) is 0 Å². The van der Waals surface area contributed by atoms with Crippen molar-refractivity contribution < 1.29 is 4.79 Å². The third-order valence-corrected chi connectivity index (χ3v) is 4.69. The van der Waals surface area contributed by atoms with Crippen molar-refractivity contribution in [1.29, 1.82) is 0 Å². The van der Waals surface area contributed by atoms with E-state index in [1.165, 1.54) is 11.3 Å². The van der Waals surface area contributed by atoms with Gasteiger partial charge >= 0.3 is 0 Å². The average Bonchev–Trinajstić information content (AvgIpc) is 3.21. The average molecular weight is 372 g/mol. The Morgan fingerprint density at radius 2 is 1.89 bits per heavy atom. The van der Waals surface area contributed by atoms with Gasteiger partial charge in [0.1, 0.15) is 0 Å². The number of aliphatic imine (C=N–C) groups is 1. The van der Waals surface area contributed by atoms with Crippen LogP contribution in [0.25, 0.3) is 0 Å². The summed E-state index contributed by atoms with van der Waals surface area (Å²) in [6.07, 6.45) is 4.38. The number of anilines is 1. The number of carbonyl (C=O) groups excluding carboxylic acids is 1. The van der Waals surface area contributed by atoms with E-state index in [0.29, 0.717) is 13.1 Å². The van der Waals surface area contributed by atoms with Gasteiger partial charge in [0.25, 0.3) is 0 Å². The lowest BCUT2D eigenvalue weighted by Gasteiger charge is -2.25. The van der Waals surface area contributed by atoms with E-state index in [4.69, 9.17) is 4.99 Å². The standard InChI is InChI=1S/C21H33N5O/c1-5-22-21(24(4)17-20(27)25(6-2)7-3)23-16-18-11-10-12-19(15-18)26-13-8-9-14-26/h8-12,15H,5-7,13-14,16-17H2,1-4H3,(H,22,23). The highest BCUT2D eigenvalue weighted by atomic mass is 16.2. The molecular formula is C21H33N5O. The van der Waals surface area contributed by atoms with Gasteiger partial charge in [-0.05, 0) is 38.5 Å². The summed E-state index contributed by atoms with van der Waals surface area (Å²) in [5, 5.41) is 3.29. The normalized spacial score (nSPS) is 13.8. The van der Waals surface area contributed by atoms with Crippen LogP contribution in [0.15, 0.2) is 41.4 Å². The molecule has 0 bridgehead atoms. The molecule has 0 aromatic heterocycles. The highest BCUT2D eigenvalue weighted by Gasteiger charge is 2.15. The van der Waals surface area contributed by atoms with Gasteiger partial charge in [0.2, 0.25) is 5.91 Å². The van der Waals surface area contributed by atoms with Crippen LogP contribution < -0.4 is 10.2 Å². The summed E-state index contributed by atoms with van der Waals surface area (Å²) in [5.41, 5.74) is 2.39. The monoisotopic (exact) mass is 371 g/mol. The molecule has 0 unspecified atom stereocenters. The number of hydrogen-bond acceptors (Lipinski definition) is 3. The molecule has 148 valence electrons. The first-order chi connectivity index (χ1) is 13.1. The van der Waals surface area contributed by atoms with Crippen molar-refractivity contribution >= 4 is 17.6 Å². The van der Waals surface area contributed by atoms with Crippen molar-refractivity contribution in [2.45, 2.75) is 27.3 Å². The fourth-order valence-corrected chi connectivity index (χ4v) is 3.13. The zero-order chi connectivity index (χ0) is 19.6. The maximum Gasteiger partial charge on any atom is 0.242 e. The maximum absolute atomic E-state index is 12.4. The first-order valence-electron chi connectivity index (χ1n) is 9.85. The van der Waals surface area contributed by atoms with Crippen LogP contribution >= 0.6 is 0 Å². The molecule has 1 aromatic carbocycles. The topological polar surface area (TPSA) is 51.2 Å². The number of carbonyl (C=O) groups is 1. The number of rotatable bonds is 8. The van der Waals surface area contributed by atoms with Crippen LogP contribution in [-0.4, -0.2) is 68.0 Å². The van der Waals surface area contributed by atoms with Crippen molar-refractivity contribution in [1.82, 2.24) is 15.1 Å². The summed E-state index contributed by atoms with van der Waals surface area (Å²) >= 11 is 0. The lowest BCUT2D eigenvalue weighted by molar-refractivity contribution is -0.131. The van der Waals surface area contributed by atoms with Crippen LogP contribution in [0.2, 0.25) is 0 Å². The van der Waals surface area contributed by atoms with Crippen LogP contribution in [0.5, 0.6) is 0 Å². The number of amides is 1. The molecule has 0 fully saturated rings. The lowest BCUT2D eigenvalue weighted by atomic mass is 10.2. The van der Waals surface area contributed by atoms with Crippen molar-refractivity contribution in [3.8, 4) is 0 Å². The van der Waals surface area contributed by atoms with E-state index in [-0.39, 0.29) is 5.91 Å².